The Kier molecular flexibility index (Phi) is 5.30. The molecule has 0 saturated heterocycles. The van der Waals surface area contributed by atoms with Crippen LogP contribution in [0.1, 0.15) is 19.4 Å². The van der Waals surface area contributed by atoms with Gasteiger partial charge in [-0.2, -0.15) is 5.26 Å². The van der Waals surface area contributed by atoms with E-state index in [-0.39, 0.29) is 6.10 Å². The first-order valence-electron chi connectivity index (χ1n) is 5.18. The molecule has 0 aliphatic carbocycles. The maximum absolute atomic E-state index is 8.81. The Morgan fingerprint density at radius 1 is 1.44 bits per heavy atom. The fraction of sp³-hybridized carbons (Fsp3) is 0.417. The van der Waals surface area contributed by atoms with Gasteiger partial charge in [-0.25, -0.2) is 0 Å². The monoisotopic (exact) mass is 282 g/mol. The van der Waals surface area contributed by atoms with Crippen molar-refractivity contribution in [2.24, 2.45) is 0 Å². The molecule has 0 atom stereocenters. The van der Waals surface area contributed by atoms with Gasteiger partial charge in [-0.15, -0.1) is 0 Å². The lowest BCUT2D eigenvalue weighted by atomic mass is 10.2. The number of benzene rings is 1. The molecule has 0 saturated carbocycles. The number of nitrogens with one attached hydrogen (secondary N) is 1. The summed E-state index contributed by atoms with van der Waals surface area (Å²) in [5.41, 5.74) is 1.57. The third-order valence-electron chi connectivity index (χ3n) is 1.91. The quantitative estimate of drug-likeness (QED) is 0.844. The fourth-order valence-corrected chi connectivity index (χ4v) is 1.74. The van der Waals surface area contributed by atoms with Crippen LogP contribution in [0.5, 0.6) is 0 Å². The molecule has 0 aliphatic rings. The van der Waals surface area contributed by atoms with Crippen LogP contribution < -0.4 is 5.32 Å². The van der Waals surface area contributed by atoms with Gasteiger partial charge in [0, 0.05) is 16.7 Å². The number of anilines is 1. The Morgan fingerprint density at radius 3 is 2.81 bits per heavy atom. The van der Waals surface area contributed by atoms with Gasteiger partial charge in [-0.1, -0.05) is 15.9 Å². The second-order valence-corrected chi connectivity index (χ2v) is 4.60. The lowest BCUT2D eigenvalue weighted by Gasteiger charge is -2.10. The number of halogens is 1. The van der Waals surface area contributed by atoms with Crippen LogP contribution in [0.15, 0.2) is 22.7 Å². The summed E-state index contributed by atoms with van der Waals surface area (Å²) in [7, 11) is 0. The molecule has 0 radical (unpaired) electrons. The molecule has 3 nitrogen and oxygen atoms in total. The molecule has 0 heterocycles. The number of ether oxygens (including phenoxy) is 1. The maximum atomic E-state index is 8.81. The fourth-order valence-electron chi connectivity index (χ4n) is 1.25. The van der Waals surface area contributed by atoms with E-state index in [4.69, 9.17) is 10.00 Å². The first-order chi connectivity index (χ1) is 7.61. The minimum absolute atomic E-state index is 0.249. The van der Waals surface area contributed by atoms with Crippen molar-refractivity contribution in [2.75, 3.05) is 18.5 Å². The highest BCUT2D eigenvalue weighted by atomic mass is 79.9. The Labute approximate surface area is 105 Å². The molecule has 1 aromatic carbocycles. The van der Waals surface area contributed by atoms with E-state index < -0.39 is 0 Å². The van der Waals surface area contributed by atoms with E-state index >= 15 is 0 Å². The van der Waals surface area contributed by atoms with Crippen molar-refractivity contribution in [1.29, 1.82) is 5.26 Å². The van der Waals surface area contributed by atoms with Gasteiger partial charge in [0.1, 0.15) is 0 Å². The van der Waals surface area contributed by atoms with Gasteiger partial charge in [-0.05, 0) is 32.0 Å². The smallest absolute Gasteiger partial charge is 0.0992 e. The van der Waals surface area contributed by atoms with Crippen LogP contribution in [0.2, 0.25) is 0 Å². The predicted molar refractivity (Wildman–Crippen MR) is 68.4 cm³/mol. The Balaban J connectivity index is 2.48. The highest BCUT2D eigenvalue weighted by Gasteiger charge is 1.99. The summed E-state index contributed by atoms with van der Waals surface area (Å²) in [5, 5.41) is 12.0. The summed E-state index contributed by atoms with van der Waals surface area (Å²) in [5.74, 6) is 0. The average Bonchev–Trinajstić information content (AvgIpc) is 2.23. The van der Waals surface area contributed by atoms with Crippen LogP contribution in [0.3, 0.4) is 0 Å². The third-order valence-corrected chi connectivity index (χ3v) is 2.37. The molecule has 0 amide bonds. The largest absolute Gasteiger partial charge is 0.383 e. The molecule has 1 aromatic rings. The molecule has 0 bridgehead atoms. The molecule has 0 fully saturated rings. The van der Waals surface area contributed by atoms with E-state index in [9.17, 15) is 0 Å². The summed E-state index contributed by atoms with van der Waals surface area (Å²) in [6.07, 6.45) is 0.249. The lowest BCUT2D eigenvalue weighted by molar-refractivity contribution is 0.0870. The van der Waals surface area contributed by atoms with Crippen molar-refractivity contribution in [2.45, 2.75) is 20.0 Å². The van der Waals surface area contributed by atoms with Crippen LogP contribution in [0.4, 0.5) is 5.69 Å². The van der Waals surface area contributed by atoms with E-state index in [1.165, 1.54) is 0 Å². The number of rotatable bonds is 5. The summed E-state index contributed by atoms with van der Waals surface area (Å²) in [6.45, 7) is 5.41. The van der Waals surface area contributed by atoms with E-state index in [0.717, 1.165) is 16.7 Å². The van der Waals surface area contributed by atoms with Crippen LogP contribution in [-0.2, 0) is 4.74 Å². The van der Waals surface area contributed by atoms with Gasteiger partial charge in [0.05, 0.1) is 24.3 Å². The van der Waals surface area contributed by atoms with E-state index in [0.29, 0.717) is 12.2 Å². The van der Waals surface area contributed by atoms with Crippen molar-refractivity contribution in [3.63, 3.8) is 0 Å². The Morgan fingerprint density at radius 2 is 2.19 bits per heavy atom. The summed E-state index contributed by atoms with van der Waals surface area (Å²) < 4.78 is 6.31. The molecule has 1 N–H and O–H groups in total. The number of nitrogens with zero attached hydrogens (tertiary/aromatic N) is 1. The van der Waals surface area contributed by atoms with Gasteiger partial charge in [0.2, 0.25) is 0 Å². The van der Waals surface area contributed by atoms with Crippen molar-refractivity contribution >= 4 is 21.6 Å². The van der Waals surface area contributed by atoms with Crippen molar-refractivity contribution in [3.8, 4) is 6.07 Å². The van der Waals surface area contributed by atoms with Crippen LogP contribution in [0, 0.1) is 11.3 Å². The molecule has 0 aromatic heterocycles. The molecular formula is C12H15BrN2O. The van der Waals surface area contributed by atoms with Gasteiger partial charge in [-0.3, -0.25) is 0 Å². The van der Waals surface area contributed by atoms with Gasteiger partial charge < -0.3 is 10.1 Å². The summed E-state index contributed by atoms with van der Waals surface area (Å²) in [6, 6.07) is 7.66. The van der Waals surface area contributed by atoms with Crippen molar-refractivity contribution in [1.82, 2.24) is 0 Å². The third kappa shape index (κ3) is 4.65. The van der Waals surface area contributed by atoms with E-state index in [1.54, 1.807) is 6.07 Å². The van der Waals surface area contributed by atoms with Crippen LogP contribution in [0.25, 0.3) is 0 Å². The molecule has 1 rings (SSSR count). The minimum atomic E-state index is 0.249. The first kappa shape index (κ1) is 13.0. The maximum Gasteiger partial charge on any atom is 0.0992 e. The molecule has 0 unspecified atom stereocenters. The SMILES string of the molecule is CC(C)OCCNc1cc(Br)cc(C#N)c1. The van der Waals surface area contributed by atoms with Crippen LogP contribution in [-0.4, -0.2) is 19.3 Å². The summed E-state index contributed by atoms with van der Waals surface area (Å²) >= 11 is 3.36. The topological polar surface area (TPSA) is 45.0 Å². The van der Waals surface area contributed by atoms with E-state index in [1.807, 2.05) is 26.0 Å². The van der Waals surface area contributed by atoms with Crippen molar-refractivity contribution < 1.29 is 4.74 Å². The molecule has 4 heteroatoms. The highest BCUT2D eigenvalue weighted by Crippen LogP contribution is 2.18. The van der Waals surface area contributed by atoms with Gasteiger partial charge in [0.15, 0.2) is 0 Å². The molecule has 86 valence electrons. The summed E-state index contributed by atoms with van der Waals surface area (Å²) in [4.78, 5) is 0. The number of hydrogen-bond acceptors (Lipinski definition) is 3. The molecule has 16 heavy (non-hydrogen) atoms. The number of hydrogen-bond donors (Lipinski definition) is 1. The zero-order valence-corrected chi connectivity index (χ0v) is 11.0. The standard InChI is InChI=1S/C12H15BrN2O/c1-9(2)16-4-3-15-12-6-10(8-14)5-11(13)7-12/h5-7,9,15H,3-4H2,1-2H3. The zero-order chi connectivity index (χ0) is 12.0. The van der Waals surface area contributed by atoms with E-state index in [2.05, 4.69) is 27.3 Å². The normalized spacial score (nSPS) is 10.2. The Hall–Kier alpha value is -1.05. The highest BCUT2D eigenvalue weighted by molar-refractivity contribution is 9.10. The number of nitriles is 1. The first-order valence-corrected chi connectivity index (χ1v) is 5.97. The lowest BCUT2D eigenvalue weighted by Crippen LogP contribution is -2.13. The minimum Gasteiger partial charge on any atom is -0.383 e. The Bertz CT molecular complexity index is 385. The predicted octanol–water partition coefficient (Wildman–Crippen LogP) is 3.16. The zero-order valence-electron chi connectivity index (χ0n) is 9.46. The molecule has 0 spiro atoms. The average molecular weight is 283 g/mol. The molecule has 0 aliphatic heterocycles. The van der Waals surface area contributed by atoms with Crippen LogP contribution >= 0.6 is 15.9 Å². The van der Waals surface area contributed by atoms with Gasteiger partial charge in [0.25, 0.3) is 0 Å². The second kappa shape index (κ2) is 6.51. The molecular weight excluding hydrogens is 268 g/mol. The van der Waals surface area contributed by atoms with Gasteiger partial charge >= 0.3 is 0 Å². The van der Waals surface area contributed by atoms with Crippen molar-refractivity contribution in [3.05, 3.63) is 28.2 Å². The second-order valence-electron chi connectivity index (χ2n) is 3.69.